The summed E-state index contributed by atoms with van der Waals surface area (Å²) in [6, 6.07) is 7.96. The molecule has 1 atom stereocenters. The summed E-state index contributed by atoms with van der Waals surface area (Å²) in [7, 11) is 0. The van der Waals surface area contributed by atoms with E-state index in [1.807, 2.05) is 30.5 Å². The number of piperidine rings is 1. The molecule has 3 heteroatoms. The number of Topliss-reactive ketones (excluding diaryl/α,β-unsaturated/α-hetero) is 1. The number of hydrogen-bond donors (Lipinski definition) is 1. The molecule has 3 rings (SSSR count). The van der Waals surface area contributed by atoms with Gasteiger partial charge in [0.2, 0.25) is 0 Å². The molecular weight excluding hydrogens is 248 g/mol. The van der Waals surface area contributed by atoms with E-state index in [0.29, 0.717) is 12.3 Å². The molecule has 2 aromatic rings. The Bertz CT molecular complexity index is 597. The highest BCUT2D eigenvalue weighted by Gasteiger charge is 2.16. The summed E-state index contributed by atoms with van der Waals surface area (Å²) in [6.45, 7) is 2.18. The number of carbonyl (C=O) groups excluding carboxylic acids is 1. The van der Waals surface area contributed by atoms with Crippen LogP contribution in [0.2, 0.25) is 0 Å². The van der Waals surface area contributed by atoms with Crippen LogP contribution >= 0.6 is 0 Å². The second-order valence-electron chi connectivity index (χ2n) is 5.58. The van der Waals surface area contributed by atoms with Gasteiger partial charge in [-0.1, -0.05) is 24.3 Å². The van der Waals surface area contributed by atoms with Crippen molar-refractivity contribution in [2.45, 2.75) is 25.7 Å². The number of pyridine rings is 1. The number of aromatic nitrogens is 1. The molecular formula is C17H20N2O. The van der Waals surface area contributed by atoms with E-state index in [0.717, 1.165) is 35.8 Å². The Kier molecular flexibility index (Phi) is 4.07. The van der Waals surface area contributed by atoms with Gasteiger partial charge in [-0.2, -0.15) is 0 Å². The van der Waals surface area contributed by atoms with Crippen LogP contribution < -0.4 is 5.32 Å². The van der Waals surface area contributed by atoms with E-state index in [2.05, 4.69) is 10.3 Å². The number of nitrogens with one attached hydrogen (secondary N) is 1. The Balaban J connectivity index is 1.72. The van der Waals surface area contributed by atoms with Crippen molar-refractivity contribution in [3.8, 4) is 0 Å². The van der Waals surface area contributed by atoms with E-state index in [9.17, 15) is 4.79 Å². The van der Waals surface area contributed by atoms with Crippen molar-refractivity contribution < 1.29 is 4.79 Å². The number of ketones is 1. The van der Waals surface area contributed by atoms with Gasteiger partial charge < -0.3 is 5.32 Å². The van der Waals surface area contributed by atoms with Crippen LogP contribution in [0.5, 0.6) is 0 Å². The maximum absolute atomic E-state index is 12.4. The predicted octanol–water partition coefficient (Wildman–Crippen LogP) is 3.20. The Morgan fingerprint density at radius 2 is 2.20 bits per heavy atom. The van der Waals surface area contributed by atoms with Gasteiger partial charge in [0.25, 0.3) is 0 Å². The smallest absolute Gasteiger partial charge is 0.165 e. The van der Waals surface area contributed by atoms with Crippen molar-refractivity contribution in [1.82, 2.24) is 10.3 Å². The SMILES string of the molecule is O=C(CCC1CCCNC1)c1cncc2ccccc12. The van der Waals surface area contributed by atoms with Gasteiger partial charge >= 0.3 is 0 Å². The first-order chi connectivity index (χ1) is 9.84. The van der Waals surface area contributed by atoms with Gasteiger partial charge in [-0.25, -0.2) is 0 Å². The van der Waals surface area contributed by atoms with Gasteiger partial charge in [-0.05, 0) is 43.7 Å². The van der Waals surface area contributed by atoms with Crippen LogP contribution in [0.3, 0.4) is 0 Å². The third-order valence-electron chi connectivity index (χ3n) is 4.15. The summed E-state index contributed by atoms with van der Waals surface area (Å²) in [6.07, 6.45) is 7.61. The molecule has 1 unspecified atom stereocenters. The molecule has 1 N–H and O–H groups in total. The molecule has 0 amide bonds. The fourth-order valence-corrected chi connectivity index (χ4v) is 2.98. The van der Waals surface area contributed by atoms with Crippen molar-refractivity contribution in [2.75, 3.05) is 13.1 Å². The second-order valence-corrected chi connectivity index (χ2v) is 5.58. The molecule has 1 fully saturated rings. The summed E-state index contributed by atoms with van der Waals surface area (Å²) in [5.41, 5.74) is 0.770. The standard InChI is InChI=1S/C17H20N2O/c20-17(8-7-13-4-3-9-18-10-13)16-12-19-11-14-5-1-2-6-15(14)16/h1-2,5-6,11-13,18H,3-4,7-10H2. The third kappa shape index (κ3) is 2.88. The van der Waals surface area contributed by atoms with Crippen molar-refractivity contribution in [2.24, 2.45) is 5.92 Å². The van der Waals surface area contributed by atoms with Crippen LogP contribution in [0.1, 0.15) is 36.0 Å². The normalized spacial score (nSPS) is 19.1. The maximum Gasteiger partial charge on any atom is 0.165 e. The highest BCUT2D eigenvalue weighted by molar-refractivity contribution is 6.07. The molecule has 0 spiro atoms. The Hall–Kier alpha value is -1.74. The van der Waals surface area contributed by atoms with Gasteiger partial charge in [-0.15, -0.1) is 0 Å². The van der Waals surface area contributed by atoms with E-state index in [4.69, 9.17) is 0 Å². The Labute approximate surface area is 119 Å². The first-order valence-corrected chi connectivity index (χ1v) is 7.41. The maximum atomic E-state index is 12.4. The molecule has 1 aromatic heterocycles. The first kappa shape index (κ1) is 13.3. The zero-order chi connectivity index (χ0) is 13.8. The van der Waals surface area contributed by atoms with E-state index < -0.39 is 0 Å². The zero-order valence-electron chi connectivity index (χ0n) is 11.6. The van der Waals surface area contributed by atoms with Gasteiger partial charge in [0.1, 0.15) is 0 Å². The highest BCUT2D eigenvalue weighted by atomic mass is 16.1. The Morgan fingerprint density at radius 1 is 1.30 bits per heavy atom. The summed E-state index contributed by atoms with van der Waals surface area (Å²) in [5.74, 6) is 0.871. The number of nitrogens with zero attached hydrogens (tertiary/aromatic N) is 1. The molecule has 0 saturated carbocycles. The summed E-state index contributed by atoms with van der Waals surface area (Å²) >= 11 is 0. The topological polar surface area (TPSA) is 42.0 Å². The van der Waals surface area contributed by atoms with Gasteiger partial charge in [0.15, 0.2) is 5.78 Å². The minimum absolute atomic E-state index is 0.222. The molecule has 1 saturated heterocycles. The summed E-state index contributed by atoms with van der Waals surface area (Å²) in [5, 5.41) is 5.47. The molecule has 3 nitrogen and oxygen atoms in total. The van der Waals surface area contributed by atoms with E-state index in [1.54, 1.807) is 6.20 Å². The van der Waals surface area contributed by atoms with E-state index in [1.165, 1.54) is 12.8 Å². The van der Waals surface area contributed by atoms with E-state index in [-0.39, 0.29) is 5.78 Å². The molecule has 2 heterocycles. The lowest BCUT2D eigenvalue weighted by molar-refractivity contribution is 0.0972. The molecule has 1 aliphatic rings. The Morgan fingerprint density at radius 3 is 3.05 bits per heavy atom. The number of fused-ring (bicyclic) bond motifs is 1. The van der Waals surface area contributed by atoms with E-state index >= 15 is 0 Å². The average molecular weight is 268 g/mol. The molecule has 104 valence electrons. The number of hydrogen-bond acceptors (Lipinski definition) is 3. The fourth-order valence-electron chi connectivity index (χ4n) is 2.98. The third-order valence-corrected chi connectivity index (χ3v) is 4.15. The lowest BCUT2D eigenvalue weighted by Crippen LogP contribution is -2.30. The number of carbonyl (C=O) groups is 1. The first-order valence-electron chi connectivity index (χ1n) is 7.41. The number of rotatable bonds is 4. The average Bonchev–Trinajstić information content (AvgIpc) is 2.53. The molecule has 0 aliphatic carbocycles. The van der Waals surface area contributed by atoms with Crippen molar-refractivity contribution in [3.05, 3.63) is 42.2 Å². The summed E-state index contributed by atoms with van der Waals surface area (Å²) in [4.78, 5) is 16.6. The van der Waals surface area contributed by atoms with Crippen LogP contribution in [0.15, 0.2) is 36.7 Å². The monoisotopic (exact) mass is 268 g/mol. The van der Waals surface area contributed by atoms with Crippen LogP contribution in [-0.2, 0) is 0 Å². The van der Waals surface area contributed by atoms with Gasteiger partial charge in [0.05, 0.1) is 0 Å². The molecule has 0 bridgehead atoms. The van der Waals surface area contributed by atoms with Crippen molar-refractivity contribution in [3.63, 3.8) is 0 Å². The van der Waals surface area contributed by atoms with Crippen molar-refractivity contribution >= 4 is 16.6 Å². The highest BCUT2D eigenvalue weighted by Crippen LogP contribution is 2.21. The molecule has 1 aromatic carbocycles. The summed E-state index contributed by atoms with van der Waals surface area (Å²) < 4.78 is 0. The van der Waals surface area contributed by atoms with Gasteiger partial charge in [0, 0.05) is 29.8 Å². The van der Waals surface area contributed by atoms with Crippen LogP contribution in [0.4, 0.5) is 0 Å². The minimum Gasteiger partial charge on any atom is -0.316 e. The largest absolute Gasteiger partial charge is 0.316 e. The second kappa shape index (κ2) is 6.14. The minimum atomic E-state index is 0.222. The quantitative estimate of drug-likeness (QED) is 0.866. The zero-order valence-corrected chi connectivity index (χ0v) is 11.6. The van der Waals surface area contributed by atoms with Crippen LogP contribution in [0.25, 0.3) is 10.8 Å². The lowest BCUT2D eigenvalue weighted by Gasteiger charge is -2.22. The fraction of sp³-hybridized carbons (Fsp3) is 0.412. The molecule has 20 heavy (non-hydrogen) atoms. The predicted molar refractivity (Wildman–Crippen MR) is 80.9 cm³/mol. The number of benzene rings is 1. The molecule has 1 aliphatic heterocycles. The van der Waals surface area contributed by atoms with Crippen molar-refractivity contribution in [1.29, 1.82) is 0 Å². The van der Waals surface area contributed by atoms with Gasteiger partial charge in [-0.3, -0.25) is 9.78 Å². The van der Waals surface area contributed by atoms with Crippen LogP contribution in [-0.4, -0.2) is 23.9 Å². The molecule has 0 radical (unpaired) electrons. The van der Waals surface area contributed by atoms with Crippen LogP contribution in [0, 0.1) is 5.92 Å². The lowest BCUT2D eigenvalue weighted by atomic mass is 9.92.